The van der Waals surface area contributed by atoms with E-state index in [0.29, 0.717) is 29.4 Å². The summed E-state index contributed by atoms with van der Waals surface area (Å²) in [7, 11) is -1.57. The van der Waals surface area contributed by atoms with Crippen molar-refractivity contribution < 1.29 is 17.9 Å². The molecule has 0 N–H and O–H groups in total. The monoisotopic (exact) mass is 462 g/mol. The topological polar surface area (TPSA) is 84.7 Å². The number of methoxy groups -OCH3 is 1. The van der Waals surface area contributed by atoms with Gasteiger partial charge < -0.3 is 9.30 Å². The SMILES string of the molecule is COc1ccc(C(=O)c2cc3cc(C)n(CCN4CCN(S(C)(=O)=O)CC4)c3s2)cn1. The average Bonchev–Trinajstić information content (AvgIpc) is 3.28. The lowest BCUT2D eigenvalue weighted by molar-refractivity contribution is 0.104. The van der Waals surface area contributed by atoms with Crippen molar-refractivity contribution in [3.63, 3.8) is 0 Å². The molecule has 166 valence electrons. The molecule has 0 atom stereocenters. The number of rotatable bonds is 7. The second-order valence-corrected chi connectivity index (χ2v) is 10.7. The molecular formula is C21H26N4O4S2. The fraction of sp³-hybridized carbons (Fsp3) is 0.429. The standard InChI is InChI=1S/C21H26N4O4S2/c1-15-12-17-13-18(20(26)16-4-5-19(29-2)22-14-16)30-21(17)25(15)11-8-23-6-9-24(10-7-23)31(3,27)28/h4-5,12-14H,6-11H2,1-3H3. The summed E-state index contributed by atoms with van der Waals surface area (Å²) in [4.78, 5) is 21.1. The fourth-order valence-corrected chi connectivity index (χ4v) is 5.88. The van der Waals surface area contributed by atoms with E-state index in [1.165, 1.54) is 21.9 Å². The highest BCUT2D eigenvalue weighted by atomic mass is 32.2. The average molecular weight is 463 g/mol. The Bertz CT molecular complexity index is 1190. The number of carbonyl (C=O) groups excluding carboxylic acids is 1. The maximum absolute atomic E-state index is 12.9. The van der Waals surface area contributed by atoms with Gasteiger partial charge in [-0.1, -0.05) is 0 Å². The molecule has 0 saturated carbocycles. The van der Waals surface area contributed by atoms with Crippen molar-refractivity contribution in [1.29, 1.82) is 0 Å². The smallest absolute Gasteiger partial charge is 0.212 e. The zero-order valence-electron chi connectivity index (χ0n) is 17.9. The van der Waals surface area contributed by atoms with Crippen molar-refractivity contribution in [2.75, 3.05) is 46.1 Å². The van der Waals surface area contributed by atoms with Crippen molar-refractivity contribution >= 4 is 37.4 Å². The number of hydrogen-bond acceptors (Lipinski definition) is 7. The van der Waals surface area contributed by atoms with Crippen LogP contribution in [0.25, 0.3) is 10.2 Å². The second kappa shape index (κ2) is 8.70. The van der Waals surface area contributed by atoms with Crippen LogP contribution in [-0.2, 0) is 16.6 Å². The highest BCUT2D eigenvalue weighted by Gasteiger charge is 2.23. The Morgan fingerprint density at radius 3 is 2.52 bits per heavy atom. The number of aryl methyl sites for hydroxylation is 1. The Kier molecular flexibility index (Phi) is 6.16. The summed E-state index contributed by atoms with van der Waals surface area (Å²) in [5.41, 5.74) is 1.69. The van der Waals surface area contributed by atoms with E-state index >= 15 is 0 Å². The van der Waals surface area contributed by atoms with Crippen molar-refractivity contribution in [2.24, 2.45) is 0 Å². The quantitative estimate of drug-likeness (QED) is 0.501. The molecule has 0 radical (unpaired) electrons. The molecule has 4 heterocycles. The summed E-state index contributed by atoms with van der Waals surface area (Å²) in [5.74, 6) is 0.435. The summed E-state index contributed by atoms with van der Waals surface area (Å²) < 4.78 is 32.2. The van der Waals surface area contributed by atoms with Gasteiger partial charge in [0.1, 0.15) is 4.83 Å². The molecule has 1 fully saturated rings. The zero-order chi connectivity index (χ0) is 22.2. The van der Waals surface area contributed by atoms with Crippen LogP contribution in [0.1, 0.15) is 20.9 Å². The lowest BCUT2D eigenvalue weighted by atomic mass is 10.1. The van der Waals surface area contributed by atoms with E-state index in [1.54, 1.807) is 25.4 Å². The molecule has 0 aliphatic carbocycles. The van der Waals surface area contributed by atoms with Gasteiger partial charge in [-0.2, -0.15) is 4.31 Å². The molecule has 4 rings (SSSR count). The third-order valence-corrected chi connectivity index (χ3v) is 8.12. The molecule has 1 aliphatic heterocycles. The summed E-state index contributed by atoms with van der Waals surface area (Å²) in [6.07, 6.45) is 2.81. The number of hydrogen-bond donors (Lipinski definition) is 0. The molecule has 10 heteroatoms. The van der Waals surface area contributed by atoms with Gasteiger partial charge in [-0.15, -0.1) is 11.3 Å². The van der Waals surface area contributed by atoms with Gasteiger partial charge in [0.2, 0.25) is 21.7 Å². The second-order valence-electron chi connectivity index (χ2n) is 7.73. The maximum atomic E-state index is 12.9. The number of nitrogens with zero attached hydrogens (tertiary/aromatic N) is 4. The Morgan fingerprint density at radius 2 is 1.90 bits per heavy atom. The first-order valence-corrected chi connectivity index (χ1v) is 12.7. The van der Waals surface area contributed by atoms with Gasteiger partial charge >= 0.3 is 0 Å². The van der Waals surface area contributed by atoms with Crippen LogP contribution in [-0.4, -0.2) is 79.0 Å². The highest BCUT2D eigenvalue weighted by Crippen LogP contribution is 2.30. The van der Waals surface area contributed by atoms with Crippen LogP contribution in [0.5, 0.6) is 5.88 Å². The van der Waals surface area contributed by atoms with Crippen LogP contribution < -0.4 is 4.74 Å². The molecule has 3 aromatic rings. The Morgan fingerprint density at radius 1 is 1.16 bits per heavy atom. The highest BCUT2D eigenvalue weighted by molar-refractivity contribution is 7.88. The van der Waals surface area contributed by atoms with Gasteiger partial charge in [0, 0.05) is 68.2 Å². The Balaban J connectivity index is 1.46. The number of ketones is 1. The predicted octanol–water partition coefficient (Wildman–Crippen LogP) is 2.22. The summed E-state index contributed by atoms with van der Waals surface area (Å²) in [6.45, 7) is 6.24. The first-order chi connectivity index (χ1) is 14.8. The number of sulfonamides is 1. The summed E-state index contributed by atoms with van der Waals surface area (Å²) in [6, 6.07) is 7.47. The molecule has 1 saturated heterocycles. The normalized spacial score (nSPS) is 16.1. The molecule has 0 aromatic carbocycles. The molecule has 0 amide bonds. The van der Waals surface area contributed by atoms with Crippen LogP contribution in [0.15, 0.2) is 30.5 Å². The van der Waals surface area contributed by atoms with Gasteiger partial charge in [-0.05, 0) is 25.1 Å². The van der Waals surface area contributed by atoms with Crippen LogP contribution in [0.4, 0.5) is 0 Å². The zero-order valence-corrected chi connectivity index (χ0v) is 19.5. The number of ether oxygens (including phenoxy) is 1. The van der Waals surface area contributed by atoms with E-state index in [1.807, 2.05) is 6.07 Å². The molecular weight excluding hydrogens is 436 g/mol. The third kappa shape index (κ3) is 4.67. The Labute approximate surface area is 186 Å². The van der Waals surface area contributed by atoms with Crippen LogP contribution >= 0.6 is 11.3 Å². The first-order valence-electron chi connectivity index (χ1n) is 10.1. The van der Waals surface area contributed by atoms with E-state index in [0.717, 1.165) is 42.1 Å². The van der Waals surface area contributed by atoms with E-state index in [4.69, 9.17) is 4.74 Å². The molecule has 0 bridgehead atoms. The van der Waals surface area contributed by atoms with Gasteiger partial charge in [0.25, 0.3) is 0 Å². The van der Waals surface area contributed by atoms with Gasteiger partial charge in [-0.25, -0.2) is 13.4 Å². The van der Waals surface area contributed by atoms with Crippen molar-refractivity contribution in [3.05, 3.63) is 46.6 Å². The molecule has 31 heavy (non-hydrogen) atoms. The fourth-order valence-electron chi connectivity index (χ4n) is 3.87. The number of aromatic nitrogens is 2. The predicted molar refractivity (Wildman–Crippen MR) is 122 cm³/mol. The molecule has 3 aromatic heterocycles. The lowest BCUT2D eigenvalue weighted by Gasteiger charge is -2.33. The molecule has 8 nitrogen and oxygen atoms in total. The molecule has 1 aliphatic rings. The molecule has 0 unspecified atom stereocenters. The van der Waals surface area contributed by atoms with Gasteiger partial charge in [0.05, 0.1) is 18.2 Å². The minimum absolute atomic E-state index is 0.0440. The lowest BCUT2D eigenvalue weighted by Crippen LogP contribution is -2.48. The van der Waals surface area contributed by atoms with Crippen molar-refractivity contribution in [3.8, 4) is 5.88 Å². The Hall–Kier alpha value is -2.27. The summed E-state index contributed by atoms with van der Waals surface area (Å²) >= 11 is 1.50. The van der Waals surface area contributed by atoms with Crippen LogP contribution in [0, 0.1) is 6.92 Å². The van der Waals surface area contributed by atoms with Crippen molar-refractivity contribution in [2.45, 2.75) is 13.5 Å². The molecule has 0 spiro atoms. The number of pyridine rings is 1. The van der Waals surface area contributed by atoms with E-state index in [-0.39, 0.29) is 5.78 Å². The number of carbonyl (C=O) groups is 1. The number of piperazine rings is 1. The largest absolute Gasteiger partial charge is 0.481 e. The number of thiophene rings is 1. The number of fused-ring (bicyclic) bond motifs is 1. The van der Waals surface area contributed by atoms with E-state index in [2.05, 4.69) is 27.4 Å². The summed E-state index contributed by atoms with van der Waals surface area (Å²) in [5, 5.41) is 1.06. The van der Waals surface area contributed by atoms with Gasteiger partial charge in [-0.3, -0.25) is 9.69 Å². The van der Waals surface area contributed by atoms with Crippen LogP contribution in [0.3, 0.4) is 0 Å². The first kappa shape index (κ1) is 21.9. The maximum Gasteiger partial charge on any atom is 0.212 e. The van der Waals surface area contributed by atoms with E-state index in [9.17, 15) is 13.2 Å². The van der Waals surface area contributed by atoms with E-state index < -0.39 is 10.0 Å². The minimum Gasteiger partial charge on any atom is -0.481 e. The van der Waals surface area contributed by atoms with Crippen LogP contribution in [0.2, 0.25) is 0 Å². The third-order valence-electron chi connectivity index (χ3n) is 5.65. The van der Waals surface area contributed by atoms with Crippen molar-refractivity contribution in [1.82, 2.24) is 18.8 Å². The van der Waals surface area contributed by atoms with Gasteiger partial charge in [0.15, 0.2) is 0 Å². The minimum atomic E-state index is -3.12.